The molecule has 5 nitrogen and oxygen atoms in total. The highest BCUT2D eigenvalue weighted by molar-refractivity contribution is 6.34. The predicted octanol–water partition coefficient (Wildman–Crippen LogP) is 3.35. The first kappa shape index (κ1) is 22.3. The van der Waals surface area contributed by atoms with Crippen LogP contribution in [0.4, 0.5) is 11.4 Å². The molecule has 2 aliphatic heterocycles. The Kier molecular flexibility index (Phi) is 9.90. The van der Waals surface area contributed by atoms with E-state index in [4.69, 9.17) is 16.3 Å². The molecule has 142 valence electrons. The number of halogens is 3. The van der Waals surface area contributed by atoms with Gasteiger partial charge < -0.3 is 20.3 Å². The van der Waals surface area contributed by atoms with Gasteiger partial charge in [-0.2, -0.15) is 0 Å². The Bertz CT molecular complexity index is 548. The smallest absolute Gasteiger partial charge is 0.224 e. The van der Waals surface area contributed by atoms with Crippen LogP contribution in [0, 0.1) is 5.92 Å². The van der Waals surface area contributed by atoms with Crippen molar-refractivity contribution >= 4 is 53.7 Å². The van der Waals surface area contributed by atoms with E-state index in [0.29, 0.717) is 30.6 Å². The summed E-state index contributed by atoms with van der Waals surface area (Å²) in [6.45, 7) is 5.06. The minimum Gasteiger partial charge on any atom is -0.378 e. The number of rotatable bonds is 5. The molecule has 25 heavy (non-hydrogen) atoms. The lowest BCUT2D eigenvalue weighted by Crippen LogP contribution is -2.37. The highest BCUT2D eigenvalue weighted by Gasteiger charge is 2.20. The zero-order valence-corrected chi connectivity index (χ0v) is 16.5. The summed E-state index contributed by atoms with van der Waals surface area (Å²) in [7, 11) is 0. The van der Waals surface area contributed by atoms with Crippen molar-refractivity contribution in [1.82, 2.24) is 5.32 Å². The Morgan fingerprint density at radius 3 is 2.76 bits per heavy atom. The first-order chi connectivity index (χ1) is 11.2. The zero-order valence-electron chi connectivity index (χ0n) is 14.1. The molecule has 2 N–H and O–H groups in total. The molecular formula is C17H26Cl3N3O2. The zero-order chi connectivity index (χ0) is 16.1. The normalized spacial score (nSPS) is 19.7. The molecule has 0 aliphatic carbocycles. The van der Waals surface area contributed by atoms with Gasteiger partial charge in [-0.3, -0.25) is 4.79 Å². The summed E-state index contributed by atoms with van der Waals surface area (Å²) in [5.74, 6) is 0.688. The molecule has 0 bridgehead atoms. The topological polar surface area (TPSA) is 53.6 Å². The maximum atomic E-state index is 12.3. The standard InChI is InChI=1S/C17H24ClN3O2.2ClH/c18-14-2-1-3-15(17(14)21-8-10-23-11-9-21)20-16(22)5-4-13-6-7-19-12-13;;/h1-3,13,19H,4-12H2,(H,20,22);2*1H. The van der Waals surface area contributed by atoms with Crippen molar-refractivity contribution in [2.45, 2.75) is 19.3 Å². The van der Waals surface area contributed by atoms with Crippen LogP contribution in [0.2, 0.25) is 5.02 Å². The third-order valence-electron chi connectivity index (χ3n) is 4.53. The number of para-hydroxylation sites is 1. The van der Waals surface area contributed by atoms with E-state index < -0.39 is 0 Å². The lowest BCUT2D eigenvalue weighted by atomic mass is 10.0. The third kappa shape index (κ3) is 6.19. The van der Waals surface area contributed by atoms with Crippen molar-refractivity contribution < 1.29 is 9.53 Å². The second kappa shape index (κ2) is 11.1. The lowest BCUT2D eigenvalue weighted by molar-refractivity contribution is -0.116. The number of morpholine rings is 1. The van der Waals surface area contributed by atoms with Gasteiger partial charge in [-0.25, -0.2) is 0 Å². The number of nitrogens with one attached hydrogen (secondary N) is 2. The number of amides is 1. The van der Waals surface area contributed by atoms with Gasteiger partial charge in [0, 0.05) is 19.5 Å². The van der Waals surface area contributed by atoms with Crippen molar-refractivity contribution in [3.63, 3.8) is 0 Å². The molecule has 2 saturated heterocycles. The van der Waals surface area contributed by atoms with E-state index in [1.54, 1.807) is 0 Å². The van der Waals surface area contributed by atoms with Crippen LogP contribution >= 0.6 is 36.4 Å². The van der Waals surface area contributed by atoms with E-state index in [-0.39, 0.29) is 30.7 Å². The van der Waals surface area contributed by atoms with Crippen LogP contribution in [0.25, 0.3) is 0 Å². The summed E-state index contributed by atoms with van der Waals surface area (Å²) in [6.07, 6.45) is 2.66. The predicted molar refractivity (Wildman–Crippen MR) is 108 cm³/mol. The summed E-state index contributed by atoms with van der Waals surface area (Å²) in [5.41, 5.74) is 1.71. The highest BCUT2D eigenvalue weighted by Crippen LogP contribution is 2.34. The minimum absolute atomic E-state index is 0. The first-order valence-corrected chi connectivity index (χ1v) is 8.73. The van der Waals surface area contributed by atoms with Crippen molar-refractivity contribution in [2.75, 3.05) is 49.6 Å². The van der Waals surface area contributed by atoms with Gasteiger partial charge in [-0.05, 0) is 44.0 Å². The van der Waals surface area contributed by atoms with Gasteiger partial charge in [0.15, 0.2) is 0 Å². The van der Waals surface area contributed by atoms with Crippen LogP contribution in [0.1, 0.15) is 19.3 Å². The average Bonchev–Trinajstić information content (AvgIpc) is 3.07. The third-order valence-corrected chi connectivity index (χ3v) is 4.84. The number of hydrogen-bond donors (Lipinski definition) is 2. The van der Waals surface area contributed by atoms with Crippen molar-refractivity contribution in [3.8, 4) is 0 Å². The van der Waals surface area contributed by atoms with E-state index in [9.17, 15) is 4.79 Å². The summed E-state index contributed by atoms with van der Waals surface area (Å²) in [4.78, 5) is 14.5. The minimum atomic E-state index is 0. The van der Waals surface area contributed by atoms with Crippen molar-refractivity contribution in [1.29, 1.82) is 0 Å². The van der Waals surface area contributed by atoms with Gasteiger partial charge in [-0.1, -0.05) is 17.7 Å². The molecule has 1 aromatic carbocycles. The van der Waals surface area contributed by atoms with Gasteiger partial charge >= 0.3 is 0 Å². The number of anilines is 2. The maximum absolute atomic E-state index is 12.3. The molecule has 8 heteroatoms. The number of ether oxygens (including phenoxy) is 1. The Morgan fingerprint density at radius 2 is 2.08 bits per heavy atom. The van der Waals surface area contributed by atoms with E-state index in [2.05, 4.69) is 15.5 Å². The quantitative estimate of drug-likeness (QED) is 0.781. The van der Waals surface area contributed by atoms with Crippen molar-refractivity contribution in [3.05, 3.63) is 23.2 Å². The molecule has 1 amide bonds. The first-order valence-electron chi connectivity index (χ1n) is 8.36. The monoisotopic (exact) mass is 409 g/mol. The molecule has 2 fully saturated rings. The van der Waals surface area contributed by atoms with E-state index in [0.717, 1.165) is 44.0 Å². The molecule has 3 rings (SSSR count). The molecule has 0 spiro atoms. The summed E-state index contributed by atoms with van der Waals surface area (Å²) in [5, 5.41) is 7.06. The largest absolute Gasteiger partial charge is 0.378 e. The molecule has 0 radical (unpaired) electrons. The van der Waals surface area contributed by atoms with Crippen LogP contribution in [-0.2, 0) is 9.53 Å². The van der Waals surface area contributed by atoms with E-state index in [1.807, 2.05) is 18.2 Å². The Labute approximate surface area is 166 Å². The highest BCUT2D eigenvalue weighted by atomic mass is 35.5. The van der Waals surface area contributed by atoms with E-state index in [1.165, 1.54) is 6.42 Å². The lowest BCUT2D eigenvalue weighted by Gasteiger charge is -2.31. The molecular weight excluding hydrogens is 385 g/mol. The molecule has 2 heterocycles. The average molecular weight is 411 g/mol. The number of benzene rings is 1. The molecule has 1 unspecified atom stereocenters. The van der Waals surface area contributed by atoms with Crippen LogP contribution in [0.15, 0.2) is 18.2 Å². The number of carbonyl (C=O) groups excluding carboxylic acids is 1. The van der Waals surface area contributed by atoms with Crippen LogP contribution in [0.5, 0.6) is 0 Å². The van der Waals surface area contributed by atoms with E-state index >= 15 is 0 Å². The number of carbonyl (C=O) groups is 1. The van der Waals surface area contributed by atoms with Gasteiger partial charge in [0.1, 0.15) is 0 Å². The summed E-state index contributed by atoms with van der Waals surface area (Å²) in [6, 6.07) is 5.67. The molecule has 0 aromatic heterocycles. The fourth-order valence-corrected chi connectivity index (χ4v) is 3.53. The van der Waals surface area contributed by atoms with Gasteiger partial charge in [0.05, 0.1) is 29.6 Å². The number of nitrogens with zero attached hydrogens (tertiary/aromatic N) is 1. The van der Waals surface area contributed by atoms with Gasteiger partial charge in [-0.15, -0.1) is 24.8 Å². The van der Waals surface area contributed by atoms with Crippen LogP contribution in [-0.4, -0.2) is 45.3 Å². The fraction of sp³-hybridized carbons (Fsp3) is 0.588. The number of hydrogen-bond acceptors (Lipinski definition) is 4. The Balaban J connectivity index is 0.00000156. The maximum Gasteiger partial charge on any atom is 0.224 e. The SMILES string of the molecule is Cl.Cl.O=C(CCC1CCNC1)Nc1cccc(Cl)c1N1CCOCC1. The molecule has 0 saturated carbocycles. The second-order valence-corrected chi connectivity index (χ2v) is 6.59. The summed E-state index contributed by atoms with van der Waals surface area (Å²) < 4.78 is 5.40. The van der Waals surface area contributed by atoms with Crippen molar-refractivity contribution in [2.24, 2.45) is 5.92 Å². The molecule has 2 aliphatic rings. The van der Waals surface area contributed by atoms with Crippen LogP contribution < -0.4 is 15.5 Å². The fourth-order valence-electron chi connectivity index (χ4n) is 3.23. The molecule has 1 atom stereocenters. The van der Waals surface area contributed by atoms with Gasteiger partial charge in [0.2, 0.25) is 5.91 Å². The summed E-state index contributed by atoms with van der Waals surface area (Å²) >= 11 is 6.38. The van der Waals surface area contributed by atoms with Gasteiger partial charge in [0.25, 0.3) is 0 Å². The Hall–Kier alpha value is -0.720. The second-order valence-electron chi connectivity index (χ2n) is 6.18. The molecule has 1 aromatic rings. The van der Waals surface area contributed by atoms with Crippen LogP contribution in [0.3, 0.4) is 0 Å². The Morgan fingerprint density at radius 1 is 1.32 bits per heavy atom.